The molecule has 1 saturated heterocycles. The van der Waals surface area contributed by atoms with Crippen molar-refractivity contribution in [2.24, 2.45) is 0 Å². The Balaban J connectivity index is 1.74. The third-order valence-corrected chi connectivity index (χ3v) is 4.47. The first-order chi connectivity index (χ1) is 9.67. The molecule has 2 amide bonds. The van der Waals surface area contributed by atoms with Gasteiger partial charge in [-0.3, -0.25) is 14.5 Å². The summed E-state index contributed by atoms with van der Waals surface area (Å²) >= 11 is 3.36. The minimum Gasteiger partial charge on any atom is -0.347 e. The Morgan fingerprint density at radius 1 is 1.10 bits per heavy atom. The molecule has 0 aliphatic carbocycles. The number of carbonyl (C=O) groups excluding carboxylic acids is 2. The standard InChI is InChI=1S/C14H14BrNO4/c15-9-14(19-7-8-20-14)5-6-16-12(17)10-3-1-2-4-11(10)13(16)18/h1-4H,5-9H2. The lowest BCUT2D eigenvalue weighted by Crippen LogP contribution is -2.39. The van der Waals surface area contributed by atoms with Crippen molar-refractivity contribution in [2.45, 2.75) is 12.2 Å². The van der Waals surface area contributed by atoms with E-state index in [-0.39, 0.29) is 18.4 Å². The van der Waals surface area contributed by atoms with Gasteiger partial charge in [-0.15, -0.1) is 0 Å². The molecule has 106 valence electrons. The number of hydrogen-bond acceptors (Lipinski definition) is 4. The summed E-state index contributed by atoms with van der Waals surface area (Å²) in [4.78, 5) is 25.7. The lowest BCUT2D eigenvalue weighted by molar-refractivity contribution is -0.142. The van der Waals surface area contributed by atoms with Crippen molar-refractivity contribution in [2.75, 3.05) is 25.1 Å². The predicted octanol–water partition coefficient (Wildman–Crippen LogP) is 1.81. The van der Waals surface area contributed by atoms with Gasteiger partial charge in [-0.25, -0.2) is 0 Å². The van der Waals surface area contributed by atoms with Crippen molar-refractivity contribution >= 4 is 27.7 Å². The molecule has 1 aromatic rings. The molecule has 6 heteroatoms. The fourth-order valence-electron chi connectivity index (χ4n) is 2.51. The lowest BCUT2D eigenvalue weighted by atomic mass is 10.1. The first kappa shape index (κ1) is 13.7. The molecule has 0 atom stereocenters. The average molecular weight is 340 g/mol. The van der Waals surface area contributed by atoms with Gasteiger partial charge in [0.05, 0.1) is 29.7 Å². The summed E-state index contributed by atoms with van der Waals surface area (Å²) in [5, 5.41) is 0.517. The lowest BCUT2D eigenvalue weighted by Gasteiger charge is -2.26. The maximum absolute atomic E-state index is 12.2. The summed E-state index contributed by atoms with van der Waals surface area (Å²) in [6.07, 6.45) is 0.462. The van der Waals surface area contributed by atoms with Crippen LogP contribution in [0.25, 0.3) is 0 Å². The van der Waals surface area contributed by atoms with E-state index in [1.807, 2.05) is 0 Å². The Kier molecular flexibility index (Phi) is 3.62. The van der Waals surface area contributed by atoms with Crippen LogP contribution in [0.1, 0.15) is 27.1 Å². The van der Waals surface area contributed by atoms with Gasteiger partial charge in [0.2, 0.25) is 0 Å². The number of carbonyl (C=O) groups is 2. The molecule has 20 heavy (non-hydrogen) atoms. The van der Waals surface area contributed by atoms with Gasteiger partial charge in [0.1, 0.15) is 0 Å². The van der Waals surface area contributed by atoms with E-state index in [0.717, 1.165) is 0 Å². The van der Waals surface area contributed by atoms with Gasteiger partial charge >= 0.3 is 0 Å². The summed E-state index contributed by atoms with van der Waals surface area (Å²) < 4.78 is 11.2. The molecule has 3 rings (SSSR count). The third-order valence-electron chi connectivity index (χ3n) is 3.61. The molecule has 0 spiro atoms. The van der Waals surface area contributed by atoms with Crippen LogP contribution in [-0.2, 0) is 9.47 Å². The van der Waals surface area contributed by atoms with Crippen LogP contribution >= 0.6 is 15.9 Å². The number of alkyl halides is 1. The van der Waals surface area contributed by atoms with Crippen LogP contribution < -0.4 is 0 Å². The highest BCUT2D eigenvalue weighted by molar-refractivity contribution is 9.09. The molecular weight excluding hydrogens is 326 g/mol. The zero-order chi connectivity index (χ0) is 14.2. The van der Waals surface area contributed by atoms with Gasteiger partial charge in [-0.2, -0.15) is 0 Å². The molecule has 0 unspecified atom stereocenters. The minimum absolute atomic E-state index is 0.242. The van der Waals surface area contributed by atoms with Crippen LogP contribution in [0.15, 0.2) is 24.3 Å². The van der Waals surface area contributed by atoms with Crippen molar-refractivity contribution in [1.29, 1.82) is 0 Å². The summed E-state index contributed by atoms with van der Waals surface area (Å²) in [5.41, 5.74) is 0.942. The Hall–Kier alpha value is -1.24. The first-order valence-corrected chi connectivity index (χ1v) is 7.58. The normalized spacial score (nSPS) is 20.6. The van der Waals surface area contributed by atoms with E-state index in [9.17, 15) is 9.59 Å². The van der Waals surface area contributed by atoms with E-state index in [2.05, 4.69) is 15.9 Å². The quantitative estimate of drug-likeness (QED) is 0.620. The third kappa shape index (κ3) is 2.17. The molecule has 1 aromatic carbocycles. The SMILES string of the molecule is O=C1c2ccccc2C(=O)N1CCC1(CBr)OCCO1. The number of amides is 2. The highest BCUT2D eigenvalue weighted by Gasteiger charge is 2.40. The van der Waals surface area contributed by atoms with E-state index in [0.29, 0.717) is 36.1 Å². The molecule has 0 bridgehead atoms. The minimum atomic E-state index is -0.727. The van der Waals surface area contributed by atoms with Crippen molar-refractivity contribution in [3.63, 3.8) is 0 Å². The van der Waals surface area contributed by atoms with Crippen molar-refractivity contribution < 1.29 is 19.1 Å². The molecule has 0 radical (unpaired) electrons. The topological polar surface area (TPSA) is 55.8 Å². The maximum Gasteiger partial charge on any atom is 0.261 e. The molecule has 5 nitrogen and oxygen atoms in total. The largest absolute Gasteiger partial charge is 0.347 e. The predicted molar refractivity (Wildman–Crippen MR) is 74.9 cm³/mol. The number of hydrogen-bond donors (Lipinski definition) is 0. The second kappa shape index (κ2) is 5.27. The van der Waals surface area contributed by atoms with Crippen LogP contribution in [0.3, 0.4) is 0 Å². The Morgan fingerprint density at radius 2 is 1.65 bits per heavy atom. The fraction of sp³-hybridized carbons (Fsp3) is 0.429. The zero-order valence-electron chi connectivity index (χ0n) is 10.8. The van der Waals surface area contributed by atoms with Gasteiger partial charge in [-0.05, 0) is 12.1 Å². The number of benzene rings is 1. The molecule has 0 aromatic heterocycles. The van der Waals surface area contributed by atoms with E-state index in [4.69, 9.17) is 9.47 Å². The summed E-state index contributed by atoms with van der Waals surface area (Å²) in [5.74, 6) is -1.21. The average Bonchev–Trinajstić information content (AvgIpc) is 3.04. The van der Waals surface area contributed by atoms with E-state index < -0.39 is 5.79 Å². The zero-order valence-corrected chi connectivity index (χ0v) is 12.4. The van der Waals surface area contributed by atoms with Gasteiger partial charge in [0.15, 0.2) is 5.79 Å². The van der Waals surface area contributed by atoms with E-state index in [1.165, 1.54) is 4.90 Å². The molecular formula is C14H14BrNO4. The second-order valence-electron chi connectivity index (χ2n) is 4.80. The summed E-state index contributed by atoms with van der Waals surface area (Å²) in [6, 6.07) is 6.88. The Bertz CT molecular complexity index is 519. The van der Waals surface area contributed by atoms with Crippen LogP contribution in [-0.4, -0.2) is 47.6 Å². The molecule has 2 aliphatic heterocycles. The summed E-state index contributed by atoms with van der Waals surface area (Å²) in [6.45, 7) is 1.36. The van der Waals surface area contributed by atoms with Crippen LogP contribution in [0, 0.1) is 0 Å². The number of halogens is 1. The maximum atomic E-state index is 12.2. The molecule has 1 fully saturated rings. The highest BCUT2D eigenvalue weighted by atomic mass is 79.9. The van der Waals surface area contributed by atoms with Gasteiger partial charge < -0.3 is 9.47 Å². The van der Waals surface area contributed by atoms with Gasteiger partial charge in [0, 0.05) is 13.0 Å². The monoisotopic (exact) mass is 339 g/mol. The smallest absolute Gasteiger partial charge is 0.261 e. The molecule has 2 aliphatic rings. The van der Waals surface area contributed by atoms with Crippen LogP contribution in [0.2, 0.25) is 0 Å². The number of fused-ring (bicyclic) bond motifs is 1. The van der Waals surface area contributed by atoms with Gasteiger partial charge in [-0.1, -0.05) is 28.1 Å². The van der Waals surface area contributed by atoms with Crippen molar-refractivity contribution in [3.05, 3.63) is 35.4 Å². The van der Waals surface area contributed by atoms with E-state index in [1.54, 1.807) is 24.3 Å². The van der Waals surface area contributed by atoms with Crippen LogP contribution in [0.5, 0.6) is 0 Å². The highest BCUT2D eigenvalue weighted by Crippen LogP contribution is 2.28. The van der Waals surface area contributed by atoms with Crippen molar-refractivity contribution in [3.8, 4) is 0 Å². The number of imide groups is 1. The molecule has 0 N–H and O–H groups in total. The van der Waals surface area contributed by atoms with Gasteiger partial charge in [0.25, 0.3) is 11.8 Å². The molecule has 2 heterocycles. The summed E-state index contributed by atoms with van der Waals surface area (Å²) in [7, 11) is 0. The Labute approximate surface area is 125 Å². The van der Waals surface area contributed by atoms with Crippen molar-refractivity contribution in [1.82, 2.24) is 4.90 Å². The number of nitrogens with zero attached hydrogens (tertiary/aromatic N) is 1. The number of ether oxygens (including phenoxy) is 2. The molecule has 0 saturated carbocycles. The number of rotatable bonds is 4. The van der Waals surface area contributed by atoms with Crippen LogP contribution in [0.4, 0.5) is 0 Å². The second-order valence-corrected chi connectivity index (χ2v) is 5.36. The van der Waals surface area contributed by atoms with E-state index >= 15 is 0 Å². The Morgan fingerprint density at radius 3 is 2.15 bits per heavy atom. The fourth-order valence-corrected chi connectivity index (χ4v) is 3.11. The first-order valence-electron chi connectivity index (χ1n) is 6.46.